The normalized spacial score (nSPS) is 11.5. The van der Waals surface area contributed by atoms with Crippen LogP contribution in [0.4, 0.5) is 5.00 Å². The van der Waals surface area contributed by atoms with Crippen LogP contribution in [0.1, 0.15) is 22.7 Å². The van der Waals surface area contributed by atoms with Crippen LogP contribution in [0.25, 0.3) is 0 Å². The molecule has 1 amide bonds. The second-order valence-corrected chi connectivity index (χ2v) is 6.95. The van der Waals surface area contributed by atoms with Gasteiger partial charge >= 0.3 is 0 Å². The summed E-state index contributed by atoms with van der Waals surface area (Å²) in [6, 6.07) is 21.1. The molecule has 1 aromatic heterocycles. The van der Waals surface area contributed by atoms with Crippen LogP contribution in [0.5, 0.6) is 0 Å². The zero-order chi connectivity index (χ0) is 18.4. The van der Waals surface area contributed by atoms with E-state index in [1.54, 1.807) is 11.4 Å². The lowest BCUT2D eigenvalue weighted by molar-refractivity contribution is -0.115. The van der Waals surface area contributed by atoms with Crippen LogP contribution >= 0.6 is 22.9 Å². The zero-order valence-corrected chi connectivity index (χ0v) is 15.3. The van der Waals surface area contributed by atoms with Gasteiger partial charge in [-0.15, -0.1) is 11.3 Å². The summed E-state index contributed by atoms with van der Waals surface area (Å²) in [6.07, 6.45) is 0. The molecule has 0 aliphatic carbocycles. The van der Waals surface area contributed by atoms with Crippen LogP contribution < -0.4 is 10.6 Å². The third kappa shape index (κ3) is 4.50. The molecule has 0 unspecified atom stereocenters. The summed E-state index contributed by atoms with van der Waals surface area (Å²) in [6.45, 7) is 0.116. The molecule has 2 N–H and O–H groups in total. The molecule has 1 atom stereocenters. The Morgan fingerprint density at radius 2 is 1.77 bits per heavy atom. The Morgan fingerprint density at radius 3 is 2.46 bits per heavy atom. The Balaban J connectivity index is 1.73. The summed E-state index contributed by atoms with van der Waals surface area (Å²) in [5, 5.41) is 18.1. The fourth-order valence-electron chi connectivity index (χ4n) is 2.59. The van der Waals surface area contributed by atoms with E-state index in [0.717, 1.165) is 11.1 Å². The van der Waals surface area contributed by atoms with Crippen molar-refractivity contribution in [1.29, 1.82) is 5.26 Å². The summed E-state index contributed by atoms with van der Waals surface area (Å²) < 4.78 is 0. The fourth-order valence-corrected chi connectivity index (χ4v) is 3.47. The van der Waals surface area contributed by atoms with E-state index < -0.39 is 0 Å². The first-order chi connectivity index (χ1) is 12.7. The topological polar surface area (TPSA) is 64.9 Å². The van der Waals surface area contributed by atoms with Gasteiger partial charge in [-0.25, -0.2) is 0 Å². The first-order valence-corrected chi connectivity index (χ1v) is 9.24. The summed E-state index contributed by atoms with van der Waals surface area (Å²) in [4.78, 5) is 12.3. The first kappa shape index (κ1) is 18.2. The maximum absolute atomic E-state index is 12.3. The standard InChI is InChI=1S/C20H16ClN3OS/c21-17-8-6-15(7-9-17)19(14-4-2-1-3-5-14)23-13-18(25)24-20-16(12-22)10-11-26-20/h1-11,19,23H,13H2,(H,24,25)/t19-/m1/s1. The summed E-state index contributed by atoms with van der Waals surface area (Å²) >= 11 is 7.32. The van der Waals surface area contributed by atoms with Crippen LogP contribution in [0.15, 0.2) is 66.0 Å². The number of hydrogen-bond donors (Lipinski definition) is 2. The molecule has 26 heavy (non-hydrogen) atoms. The van der Waals surface area contributed by atoms with Gasteiger partial charge < -0.3 is 5.32 Å². The number of thiophene rings is 1. The number of carbonyl (C=O) groups excluding carboxylic acids is 1. The van der Waals surface area contributed by atoms with E-state index in [1.165, 1.54) is 11.3 Å². The van der Waals surface area contributed by atoms with Crippen molar-refractivity contribution in [1.82, 2.24) is 5.32 Å². The van der Waals surface area contributed by atoms with E-state index in [4.69, 9.17) is 16.9 Å². The molecular weight excluding hydrogens is 366 g/mol. The monoisotopic (exact) mass is 381 g/mol. The van der Waals surface area contributed by atoms with Crippen LogP contribution in [0, 0.1) is 11.3 Å². The van der Waals surface area contributed by atoms with E-state index in [0.29, 0.717) is 15.6 Å². The number of nitrogens with one attached hydrogen (secondary N) is 2. The van der Waals surface area contributed by atoms with Crippen LogP contribution in [0.2, 0.25) is 5.02 Å². The third-order valence-electron chi connectivity index (χ3n) is 3.84. The average molecular weight is 382 g/mol. The average Bonchev–Trinajstić information content (AvgIpc) is 3.11. The fraction of sp³-hybridized carbons (Fsp3) is 0.100. The Morgan fingerprint density at radius 1 is 1.08 bits per heavy atom. The third-order valence-corrected chi connectivity index (χ3v) is 4.92. The molecule has 1 heterocycles. The van der Waals surface area contributed by atoms with Gasteiger partial charge in [0.1, 0.15) is 11.1 Å². The maximum atomic E-state index is 12.3. The van der Waals surface area contributed by atoms with Crippen LogP contribution in [-0.2, 0) is 4.79 Å². The molecule has 4 nitrogen and oxygen atoms in total. The van der Waals surface area contributed by atoms with Gasteiger partial charge in [0, 0.05) is 5.02 Å². The van der Waals surface area contributed by atoms with E-state index in [1.807, 2.05) is 54.6 Å². The molecule has 0 aliphatic heterocycles. The summed E-state index contributed by atoms with van der Waals surface area (Å²) in [7, 11) is 0. The molecule has 3 rings (SSSR count). The van der Waals surface area contributed by atoms with Crippen LogP contribution in [-0.4, -0.2) is 12.5 Å². The van der Waals surface area contributed by atoms with Crippen molar-refractivity contribution in [2.75, 3.05) is 11.9 Å². The minimum Gasteiger partial charge on any atom is -0.315 e. The number of benzene rings is 2. The van der Waals surface area contributed by atoms with Crippen molar-refractivity contribution in [3.63, 3.8) is 0 Å². The van der Waals surface area contributed by atoms with E-state index in [-0.39, 0.29) is 18.5 Å². The van der Waals surface area contributed by atoms with Crippen molar-refractivity contribution in [2.24, 2.45) is 0 Å². The molecule has 0 saturated heterocycles. The molecule has 0 fully saturated rings. The van der Waals surface area contributed by atoms with E-state index in [2.05, 4.69) is 16.7 Å². The lowest BCUT2D eigenvalue weighted by Crippen LogP contribution is -2.31. The maximum Gasteiger partial charge on any atom is 0.238 e. The Labute approximate surface area is 161 Å². The number of rotatable bonds is 6. The molecule has 130 valence electrons. The van der Waals surface area contributed by atoms with Gasteiger partial charge in [0.2, 0.25) is 5.91 Å². The largest absolute Gasteiger partial charge is 0.315 e. The molecular formula is C20H16ClN3OS. The highest BCUT2D eigenvalue weighted by atomic mass is 35.5. The highest BCUT2D eigenvalue weighted by molar-refractivity contribution is 7.14. The van der Waals surface area contributed by atoms with Gasteiger partial charge in [-0.3, -0.25) is 10.1 Å². The number of anilines is 1. The molecule has 3 aromatic rings. The molecule has 0 saturated carbocycles. The van der Waals surface area contributed by atoms with Crippen molar-refractivity contribution in [3.05, 3.63) is 87.8 Å². The number of nitriles is 1. The molecule has 0 aliphatic rings. The van der Waals surface area contributed by atoms with Crippen molar-refractivity contribution in [3.8, 4) is 6.07 Å². The van der Waals surface area contributed by atoms with Gasteiger partial charge in [0.25, 0.3) is 0 Å². The van der Waals surface area contributed by atoms with Crippen LogP contribution in [0.3, 0.4) is 0 Å². The van der Waals surface area contributed by atoms with Gasteiger partial charge in [0.05, 0.1) is 18.2 Å². The molecule has 6 heteroatoms. The quantitative estimate of drug-likeness (QED) is 0.656. The molecule has 0 radical (unpaired) electrons. The van der Waals surface area contributed by atoms with Gasteiger partial charge in [-0.05, 0) is 34.7 Å². The molecule has 0 bridgehead atoms. The predicted molar refractivity (Wildman–Crippen MR) is 105 cm³/mol. The zero-order valence-electron chi connectivity index (χ0n) is 13.8. The van der Waals surface area contributed by atoms with Crippen molar-refractivity contribution >= 4 is 33.8 Å². The number of amides is 1. The lowest BCUT2D eigenvalue weighted by Gasteiger charge is -2.20. The Kier molecular flexibility index (Phi) is 6.03. The predicted octanol–water partition coefficient (Wildman–Crippen LogP) is 4.59. The van der Waals surface area contributed by atoms with Gasteiger partial charge in [-0.2, -0.15) is 5.26 Å². The summed E-state index contributed by atoms with van der Waals surface area (Å²) in [5.74, 6) is -0.196. The van der Waals surface area contributed by atoms with E-state index in [9.17, 15) is 4.79 Å². The second-order valence-electron chi connectivity index (χ2n) is 5.60. The number of halogens is 1. The smallest absolute Gasteiger partial charge is 0.238 e. The molecule has 2 aromatic carbocycles. The summed E-state index contributed by atoms with van der Waals surface area (Å²) in [5.41, 5.74) is 2.54. The second kappa shape index (κ2) is 8.63. The van der Waals surface area contributed by atoms with Gasteiger partial charge in [0.15, 0.2) is 0 Å². The Hall–Kier alpha value is -2.65. The molecule has 0 spiro atoms. The highest BCUT2D eigenvalue weighted by Crippen LogP contribution is 2.24. The first-order valence-electron chi connectivity index (χ1n) is 7.98. The minimum atomic E-state index is -0.196. The van der Waals surface area contributed by atoms with Crippen molar-refractivity contribution < 1.29 is 4.79 Å². The van der Waals surface area contributed by atoms with Gasteiger partial charge in [-0.1, -0.05) is 54.1 Å². The number of hydrogen-bond acceptors (Lipinski definition) is 4. The highest BCUT2D eigenvalue weighted by Gasteiger charge is 2.16. The SMILES string of the molecule is N#Cc1ccsc1NC(=O)CN[C@H](c1ccccc1)c1ccc(Cl)cc1. The number of carbonyl (C=O) groups is 1. The van der Waals surface area contributed by atoms with E-state index >= 15 is 0 Å². The van der Waals surface area contributed by atoms with Crippen molar-refractivity contribution in [2.45, 2.75) is 6.04 Å². The Bertz CT molecular complexity index is 916. The minimum absolute atomic E-state index is 0.116. The lowest BCUT2D eigenvalue weighted by atomic mass is 9.99. The number of nitrogens with zero attached hydrogens (tertiary/aromatic N) is 1.